The number of ether oxygens (including phenoxy) is 2. The van der Waals surface area contributed by atoms with Crippen molar-refractivity contribution in [2.45, 2.75) is 63.6 Å². The van der Waals surface area contributed by atoms with Gasteiger partial charge >= 0.3 is 5.97 Å². The van der Waals surface area contributed by atoms with Crippen LogP contribution >= 0.6 is 0 Å². The summed E-state index contributed by atoms with van der Waals surface area (Å²) in [6, 6.07) is 36.2. The van der Waals surface area contributed by atoms with Crippen molar-refractivity contribution < 1.29 is 29.0 Å². The molecule has 0 spiro atoms. The fraction of sp³-hybridized carbons (Fsp3) is 0.326. The normalized spacial score (nSPS) is 19.0. The third-order valence-electron chi connectivity index (χ3n) is 9.07. The van der Waals surface area contributed by atoms with Crippen LogP contribution in [-0.4, -0.2) is 48.2 Å². The standard InChI is InChI=1S/C43H48N2O6/c46-29-38(26-34-21-23-40(24-22-34)50-30-35-17-9-3-10-18-35)44-41(47)28-36-19-11-4-12-20-37(25-32-13-5-1-6-14-32)43(49)51-31-39(45-42(36)48)27-33-15-7-2-8-16-33/h1-11,13-18,21-24,36-39,46H,12,19-20,25-31H2,(H,44,47)(H,45,48). The zero-order valence-electron chi connectivity index (χ0n) is 29.0. The average Bonchev–Trinajstić information content (AvgIpc) is 3.17. The number of aliphatic hydroxyl groups is 1. The predicted octanol–water partition coefficient (Wildman–Crippen LogP) is 6.16. The lowest BCUT2D eigenvalue weighted by Crippen LogP contribution is -2.45. The van der Waals surface area contributed by atoms with Crippen LogP contribution in [0.15, 0.2) is 127 Å². The Balaban J connectivity index is 1.21. The van der Waals surface area contributed by atoms with E-state index in [1.165, 1.54) is 0 Å². The summed E-state index contributed by atoms with van der Waals surface area (Å²) in [4.78, 5) is 40.4. The summed E-state index contributed by atoms with van der Waals surface area (Å²) in [7, 11) is 0. The molecule has 1 heterocycles. The van der Waals surface area contributed by atoms with Gasteiger partial charge in [-0.05, 0) is 72.9 Å². The molecule has 266 valence electrons. The van der Waals surface area contributed by atoms with E-state index in [1.54, 1.807) is 0 Å². The second-order valence-electron chi connectivity index (χ2n) is 13.2. The number of esters is 1. The van der Waals surface area contributed by atoms with Gasteiger partial charge in [0.2, 0.25) is 11.8 Å². The Morgan fingerprint density at radius 3 is 2.06 bits per heavy atom. The second-order valence-corrected chi connectivity index (χ2v) is 13.2. The van der Waals surface area contributed by atoms with Gasteiger partial charge in [0.05, 0.1) is 30.5 Å². The van der Waals surface area contributed by atoms with Crippen LogP contribution in [0.4, 0.5) is 0 Å². The van der Waals surface area contributed by atoms with E-state index in [2.05, 4.69) is 10.6 Å². The molecule has 8 nitrogen and oxygen atoms in total. The van der Waals surface area contributed by atoms with E-state index in [0.717, 1.165) is 28.0 Å². The Morgan fingerprint density at radius 2 is 1.41 bits per heavy atom. The molecule has 1 aliphatic rings. The molecule has 8 heteroatoms. The first-order valence-corrected chi connectivity index (χ1v) is 17.8. The maximum atomic E-state index is 13.7. The molecule has 51 heavy (non-hydrogen) atoms. The second kappa shape index (κ2) is 19.8. The Hall–Kier alpha value is -5.21. The van der Waals surface area contributed by atoms with Gasteiger partial charge in [0.1, 0.15) is 19.0 Å². The monoisotopic (exact) mass is 688 g/mol. The lowest BCUT2D eigenvalue weighted by atomic mass is 9.94. The lowest BCUT2D eigenvalue weighted by molar-refractivity contribution is -0.150. The van der Waals surface area contributed by atoms with Crippen LogP contribution in [-0.2, 0) is 45.0 Å². The number of benzene rings is 4. The Kier molecular flexibility index (Phi) is 14.4. The van der Waals surface area contributed by atoms with E-state index >= 15 is 0 Å². The number of aliphatic hydroxyl groups excluding tert-OH is 1. The molecule has 5 rings (SSSR count). The summed E-state index contributed by atoms with van der Waals surface area (Å²) in [5, 5.41) is 16.2. The summed E-state index contributed by atoms with van der Waals surface area (Å²) in [6.07, 6.45) is 6.94. The van der Waals surface area contributed by atoms with E-state index in [-0.39, 0.29) is 43.3 Å². The van der Waals surface area contributed by atoms with Crippen LogP contribution in [0.5, 0.6) is 5.75 Å². The van der Waals surface area contributed by atoms with Crippen LogP contribution in [0.1, 0.15) is 47.9 Å². The molecule has 0 radical (unpaired) electrons. The molecule has 0 saturated carbocycles. The number of rotatable bonds is 13. The fourth-order valence-corrected chi connectivity index (χ4v) is 6.25. The molecule has 3 N–H and O–H groups in total. The van der Waals surface area contributed by atoms with E-state index in [9.17, 15) is 19.5 Å². The highest BCUT2D eigenvalue weighted by Crippen LogP contribution is 2.20. The van der Waals surface area contributed by atoms with Crippen LogP contribution in [0, 0.1) is 11.8 Å². The van der Waals surface area contributed by atoms with Crippen molar-refractivity contribution in [2.75, 3.05) is 13.2 Å². The highest BCUT2D eigenvalue weighted by Gasteiger charge is 2.27. The van der Waals surface area contributed by atoms with Gasteiger partial charge in [-0.25, -0.2) is 0 Å². The molecule has 4 unspecified atom stereocenters. The zero-order chi connectivity index (χ0) is 35.7. The molecule has 4 aromatic rings. The first-order chi connectivity index (χ1) is 24.9. The average molecular weight is 689 g/mol. The largest absolute Gasteiger partial charge is 0.489 e. The molecule has 2 amide bonds. The molecular formula is C43H48N2O6. The number of hydrogen-bond acceptors (Lipinski definition) is 6. The van der Waals surface area contributed by atoms with Gasteiger partial charge in [-0.1, -0.05) is 115 Å². The predicted molar refractivity (Wildman–Crippen MR) is 198 cm³/mol. The number of amides is 2. The minimum absolute atomic E-state index is 0.0276. The minimum atomic E-state index is -0.642. The van der Waals surface area contributed by atoms with Crippen molar-refractivity contribution in [2.24, 2.45) is 11.8 Å². The summed E-state index contributed by atoms with van der Waals surface area (Å²) in [5.41, 5.74) is 4.08. The zero-order valence-corrected chi connectivity index (χ0v) is 29.0. The number of cyclic esters (lactones) is 1. The van der Waals surface area contributed by atoms with Gasteiger partial charge in [0.15, 0.2) is 0 Å². The van der Waals surface area contributed by atoms with Crippen molar-refractivity contribution >= 4 is 17.8 Å². The van der Waals surface area contributed by atoms with Gasteiger partial charge in [0.25, 0.3) is 0 Å². The van der Waals surface area contributed by atoms with Crippen LogP contribution < -0.4 is 15.4 Å². The Bertz CT molecular complexity index is 1680. The smallest absolute Gasteiger partial charge is 0.309 e. The first-order valence-electron chi connectivity index (χ1n) is 17.8. The number of allylic oxidation sites excluding steroid dienone is 2. The molecular weight excluding hydrogens is 640 g/mol. The third kappa shape index (κ3) is 12.6. The Labute approximate surface area is 300 Å². The molecule has 0 aliphatic carbocycles. The maximum Gasteiger partial charge on any atom is 0.309 e. The third-order valence-corrected chi connectivity index (χ3v) is 9.07. The number of carbonyl (C=O) groups excluding carboxylic acids is 3. The first kappa shape index (κ1) is 37.1. The number of hydrogen-bond donors (Lipinski definition) is 3. The van der Waals surface area contributed by atoms with Gasteiger partial charge in [0, 0.05) is 6.42 Å². The number of carbonyl (C=O) groups is 3. The molecule has 4 atom stereocenters. The van der Waals surface area contributed by atoms with Crippen LogP contribution in [0.2, 0.25) is 0 Å². The summed E-state index contributed by atoms with van der Waals surface area (Å²) in [5.74, 6) is -1.10. The summed E-state index contributed by atoms with van der Waals surface area (Å²) >= 11 is 0. The minimum Gasteiger partial charge on any atom is -0.489 e. The van der Waals surface area contributed by atoms with Crippen molar-refractivity contribution in [3.63, 3.8) is 0 Å². The molecule has 0 aromatic heterocycles. The molecule has 0 bridgehead atoms. The SMILES string of the molecule is O=C(CC1CC=CCCC(Cc2ccccc2)C(=O)OCC(Cc2ccccc2)NC1=O)NC(CO)Cc1ccc(OCc2ccccc2)cc1. The maximum absolute atomic E-state index is 13.7. The van der Waals surface area contributed by atoms with Gasteiger partial charge in [-0.15, -0.1) is 0 Å². The highest BCUT2D eigenvalue weighted by atomic mass is 16.5. The quantitative estimate of drug-likeness (QED) is 0.115. The molecule has 0 saturated heterocycles. The fourth-order valence-electron chi connectivity index (χ4n) is 6.25. The van der Waals surface area contributed by atoms with Crippen molar-refractivity contribution in [1.29, 1.82) is 0 Å². The topological polar surface area (TPSA) is 114 Å². The van der Waals surface area contributed by atoms with Gasteiger partial charge in [-0.2, -0.15) is 0 Å². The highest BCUT2D eigenvalue weighted by molar-refractivity contribution is 5.86. The van der Waals surface area contributed by atoms with E-state index < -0.39 is 18.0 Å². The molecule has 4 aromatic carbocycles. The number of nitrogens with one attached hydrogen (secondary N) is 2. The lowest BCUT2D eigenvalue weighted by Gasteiger charge is -2.24. The summed E-state index contributed by atoms with van der Waals surface area (Å²) in [6.45, 7) is 0.246. The van der Waals surface area contributed by atoms with Gasteiger partial charge < -0.3 is 25.2 Å². The molecule has 0 fully saturated rings. The van der Waals surface area contributed by atoms with Crippen LogP contribution in [0.3, 0.4) is 0 Å². The van der Waals surface area contributed by atoms with Crippen molar-refractivity contribution in [3.8, 4) is 5.75 Å². The van der Waals surface area contributed by atoms with E-state index in [4.69, 9.17) is 9.47 Å². The van der Waals surface area contributed by atoms with Crippen LogP contribution in [0.25, 0.3) is 0 Å². The van der Waals surface area contributed by atoms with Crippen molar-refractivity contribution in [1.82, 2.24) is 10.6 Å². The molecule has 1 aliphatic heterocycles. The summed E-state index contributed by atoms with van der Waals surface area (Å²) < 4.78 is 11.7. The van der Waals surface area contributed by atoms with E-state index in [1.807, 2.05) is 127 Å². The van der Waals surface area contributed by atoms with E-state index in [0.29, 0.717) is 45.1 Å². The Morgan fingerprint density at radius 1 is 0.784 bits per heavy atom. The van der Waals surface area contributed by atoms with Crippen molar-refractivity contribution in [3.05, 3.63) is 150 Å². The van der Waals surface area contributed by atoms with Gasteiger partial charge in [-0.3, -0.25) is 14.4 Å².